The molecule has 3 heteroatoms. The normalized spacial score (nSPS) is 22.5. The molecule has 1 aliphatic carbocycles. The van der Waals surface area contributed by atoms with Crippen molar-refractivity contribution in [1.82, 2.24) is 0 Å². The number of nitrogens with one attached hydrogen (secondary N) is 1. The maximum absolute atomic E-state index is 6.02. The maximum atomic E-state index is 6.02. The van der Waals surface area contributed by atoms with E-state index in [1.165, 1.54) is 19.3 Å². The Hall–Kier alpha value is -0.890. The molecule has 1 aromatic rings. The van der Waals surface area contributed by atoms with Crippen molar-refractivity contribution in [1.29, 1.82) is 0 Å². The van der Waals surface area contributed by atoms with Crippen LogP contribution in [0.5, 0.6) is 5.75 Å². The summed E-state index contributed by atoms with van der Waals surface area (Å²) < 4.78 is 5.23. The molecule has 0 heterocycles. The van der Waals surface area contributed by atoms with Crippen molar-refractivity contribution in [3.8, 4) is 5.75 Å². The van der Waals surface area contributed by atoms with Gasteiger partial charge < -0.3 is 10.1 Å². The molecule has 0 amide bonds. The lowest BCUT2D eigenvalue weighted by Crippen LogP contribution is -2.30. The number of rotatable bonds is 3. The van der Waals surface area contributed by atoms with E-state index >= 15 is 0 Å². The zero-order chi connectivity index (χ0) is 12.5. The third kappa shape index (κ3) is 2.68. The van der Waals surface area contributed by atoms with Crippen LogP contribution in [-0.4, -0.2) is 13.2 Å². The second-order valence-electron chi connectivity index (χ2n) is 5.43. The first-order valence-corrected chi connectivity index (χ1v) is 6.51. The molecule has 1 saturated carbocycles. The minimum atomic E-state index is 0.368. The van der Waals surface area contributed by atoms with Crippen molar-refractivity contribution >= 4 is 17.3 Å². The summed E-state index contributed by atoms with van der Waals surface area (Å²) in [6.07, 6.45) is 3.82. The van der Waals surface area contributed by atoms with Crippen molar-refractivity contribution in [2.24, 2.45) is 5.41 Å². The molecule has 0 aliphatic heterocycles. The van der Waals surface area contributed by atoms with Crippen LogP contribution < -0.4 is 10.1 Å². The summed E-state index contributed by atoms with van der Waals surface area (Å²) in [5.74, 6) is 0.729. The Bertz CT molecular complexity index is 403. The van der Waals surface area contributed by atoms with Gasteiger partial charge in [0.2, 0.25) is 0 Å². The number of methoxy groups -OCH3 is 1. The largest absolute Gasteiger partial charge is 0.495 e. The minimum absolute atomic E-state index is 0.368. The molecular weight excluding hydrogens is 234 g/mol. The second-order valence-corrected chi connectivity index (χ2v) is 5.83. The van der Waals surface area contributed by atoms with Crippen molar-refractivity contribution in [3.05, 3.63) is 23.2 Å². The Morgan fingerprint density at radius 1 is 1.41 bits per heavy atom. The zero-order valence-electron chi connectivity index (χ0n) is 10.7. The fraction of sp³-hybridized carbons (Fsp3) is 0.571. The average molecular weight is 254 g/mol. The Labute approximate surface area is 108 Å². The van der Waals surface area contributed by atoms with E-state index in [1.807, 2.05) is 18.2 Å². The number of hydrogen-bond donors (Lipinski definition) is 1. The van der Waals surface area contributed by atoms with E-state index in [1.54, 1.807) is 7.11 Å². The van der Waals surface area contributed by atoms with Gasteiger partial charge in [-0.05, 0) is 30.4 Å². The third-order valence-electron chi connectivity index (χ3n) is 3.75. The molecule has 0 radical (unpaired) electrons. The van der Waals surface area contributed by atoms with E-state index in [4.69, 9.17) is 16.3 Å². The van der Waals surface area contributed by atoms with Crippen molar-refractivity contribution < 1.29 is 4.74 Å². The number of halogens is 1. The van der Waals surface area contributed by atoms with Gasteiger partial charge in [0, 0.05) is 17.8 Å². The molecule has 2 nitrogen and oxygen atoms in total. The molecule has 0 spiro atoms. The smallest absolute Gasteiger partial charge is 0.139 e. The van der Waals surface area contributed by atoms with Crippen LogP contribution in [0.1, 0.15) is 33.1 Å². The van der Waals surface area contributed by atoms with Gasteiger partial charge in [0.05, 0.1) is 12.1 Å². The molecule has 94 valence electrons. The molecule has 1 unspecified atom stereocenters. The third-order valence-corrected chi connectivity index (χ3v) is 4.06. The number of ether oxygens (including phenoxy) is 1. The van der Waals surface area contributed by atoms with Crippen LogP contribution in [0.2, 0.25) is 5.02 Å². The molecule has 0 bridgehead atoms. The maximum Gasteiger partial charge on any atom is 0.139 e. The number of hydrogen-bond acceptors (Lipinski definition) is 2. The van der Waals surface area contributed by atoms with Crippen LogP contribution in [0, 0.1) is 5.41 Å². The molecule has 17 heavy (non-hydrogen) atoms. The van der Waals surface area contributed by atoms with E-state index < -0.39 is 0 Å². The summed E-state index contributed by atoms with van der Waals surface area (Å²) in [5, 5.41) is 4.25. The SMILES string of the molecule is COc1cc(NC2CCCC2(C)C)ccc1Cl. The standard InChI is InChI=1S/C14H20ClNO/c1-14(2)8-4-5-13(14)16-10-6-7-11(15)12(9-10)17-3/h6-7,9,13,16H,4-5,8H2,1-3H3. The minimum Gasteiger partial charge on any atom is -0.495 e. The first-order chi connectivity index (χ1) is 8.03. The first-order valence-electron chi connectivity index (χ1n) is 6.13. The van der Waals surface area contributed by atoms with E-state index in [-0.39, 0.29) is 0 Å². The summed E-state index contributed by atoms with van der Waals surface area (Å²) in [5.41, 5.74) is 1.46. The summed E-state index contributed by atoms with van der Waals surface area (Å²) >= 11 is 6.02. The van der Waals surface area contributed by atoms with Gasteiger partial charge in [-0.3, -0.25) is 0 Å². The van der Waals surface area contributed by atoms with Crippen LogP contribution in [0.3, 0.4) is 0 Å². The van der Waals surface area contributed by atoms with Gasteiger partial charge in [-0.1, -0.05) is 31.9 Å². The topological polar surface area (TPSA) is 21.3 Å². The highest BCUT2D eigenvalue weighted by molar-refractivity contribution is 6.32. The number of benzene rings is 1. The lowest BCUT2D eigenvalue weighted by molar-refractivity contribution is 0.350. The summed E-state index contributed by atoms with van der Waals surface area (Å²) in [7, 11) is 1.64. The summed E-state index contributed by atoms with van der Waals surface area (Å²) in [4.78, 5) is 0. The average Bonchev–Trinajstić information content (AvgIpc) is 2.61. The van der Waals surface area contributed by atoms with Gasteiger partial charge in [0.1, 0.15) is 5.75 Å². The second kappa shape index (κ2) is 4.77. The van der Waals surface area contributed by atoms with Gasteiger partial charge in [-0.15, -0.1) is 0 Å². The fourth-order valence-corrected chi connectivity index (χ4v) is 2.74. The van der Waals surface area contributed by atoms with Gasteiger partial charge in [0.15, 0.2) is 0 Å². The molecule has 1 N–H and O–H groups in total. The quantitative estimate of drug-likeness (QED) is 0.865. The van der Waals surface area contributed by atoms with Gasteiger partial charge >= 0.3 is 0 Å². The van der Waals surface area contributed by atoms with E-state index in [2.05, 4.69) is 19.2 Å². The summed E-state index contributed by atoms with van der Waals surface area (Å²) in [6, 6.07) is 6.40. The van der Waals surface area contributed by atoms with Crippen LogP contribution in [0.15, 0.2) is 18.2 Å². The zero-order valence-corrected chi connectivity index (χ0v) is 11.5. The lowest BCUT2D eigenvalue weighted by atomic mass is 9.87. The molecular formula is C14H20ClNO. The predicted octanol–water partition coefficient (Wildman–Crippen LogP) is 4.34. The van der Waals surface area contributed by atoms with E-state index in [9.17, 15) is 0 Å². The van der Waals surface area contributed by atoms with Crippen molar-refractivity contribution in [2.45, 2.75) is 39.2 Å². The van der Waals surface area contributed by atoms with Gasteiger partial charge in [0.25, 0.3) is 0 Å². The highest BCUT2D eigenvalue weighted by Crippen LogP contribution is 2.39. The Morgan fingerprint density at radius 2 is 2.18 bits per heavy atom. The monoisotopic (exact) mass is 253 g/mol. The Kier molecular flexibility index (Phi) is 3.53. The number of anilines is 1. The van der Waals surface area contributed by atoms with Crippen LogP contribution in [0.25, 0.3) is 0 Å². The predicted molar refractivity (Wildman–Crippen MR) is 73.0 cm³/mol. The molecule has 1 atom stereocenters. The molecule has 2 rings (SSSR count). The van der Waals surface area contributed by atoms with E-state index in [0.29, 0.717) is 16.5 Å². The lowest BCUT2D eigenvalue weighted by Gasteiger charge is -2.28. The fourth-order valence-electron chi connectivity index (χ4n) is 2.55. The van der Waals surface area contributed by atoms with Crippen molar-refractivity contribution in [3.63, 3.8) is 0 Å². The van der Waals surface area contributed by atoms with Crippen LogP contribution in [-0.2, 0) is 0 Å². The van der Waals surface area contributed by atoms with Crippen molar-refractivity contribution in [2.75, 3.05) is 12.4 Å². The summed E-state index contributed by atoms with van der Waals surface area (Å²) in [6.45, 7) is 4.65. The van der Waals surface area contributed by atoms with E-state index in [0.717, 1.165) is 11.4 Å². The van der Waals surface area contributed by atoms with Gasteiger partial charge in [-0.2, -0.15) is 0 Å². The Morgan fingerprint density at radius 3 is 2.76 bits per heavy atom. The van der Waals surface area contributed by atoms with Gasteiger partial charge in [-0.25, -0.2) is 0 Å². The highest BCUT2D eigenvalue weighted by Gasteiger charge is 2.34. The molecule has 1 aliphatic rings. The van der Waals surface area contributed by atoms with Crippen LogP contribution in [0.4, 0.5) is 5.69 Å². The molecule has 0 aromatic heterocycles. The van der Waals surface area contributed by atoms with Crippen LogP contribution >= 0.6 is 11.6 Å². The first kappa shape index (κ1) is 12.6. The molecule has 1 fully saturated rings. The molecule has 0 saturated heterocycles. The highest BCUT2D eigenvalue weighted by atomic mass is 35.5. The Balaban J connectivity index is 2.13. The molecule has 1 aromatic carbocycles.